The largest absolute Gasteiger partial charge is 0.472 e. The first-order chi connectivity index (χ1) is 25.4. The maximum atomic E-state index is 12.6. The van der Waals surface area contributed by atoms with Gasteiger partial charge in [-0.2, -0.15) is 0 Å². The zero-order chi connectivity index (χ0) is 38.1. The van der Waals surface area contributed by atoms with Crippen LogP contribution in [0.5, 0.6) is 0 Å². The van der Waals surface area contributed by atoms with Crippen molar-refractivity contribution in [1.29, 1.82) is 0 Å². The fourth-order valence-electron chi connectivity index (χ4n) is 4.94. The Labute approximate surface area is 318 Å². The molecule has 0 radical (unpaired) electrons. The lowest BCUT2D eigenvalue weighted by Crippen LogP contribution is -2.28. The minimum atomic E-state index is -4.29. The van der Waals surface area contributed by atoms with E-state index in [9.17, 15) is 14.3 Å². The van der Waals surface area contributed by atoms with Crippen molar-refractivity contribution in [2.24, 2.45) is 5.73 Å². The molecule has 0 aliphatic carbocycles. The lowest BCUT2D eigenvalue weighted by atomic mass is 10.1. The molecule has 2 unspecified atom stereocenters. The van der Waals surface area contributed by atoms with Crippen LogP contribution >= 0.6 is 7.82 Å². The van der Waals surface area contributed by atoms with Crippen molar-refractivity contribution >= 4 is 13.8 Å². The van der Waals surface area contributed by atoms with E-state index in [-0.39, 0.29) is 32.3 Å². The van der Waals surface area contributed by atoms with E-state index in [1.807, 2.05) is 0 Å². The molecule has 8 nitrogen and oxygen atoms in total. The Morgan fingerprint density at radius 2 is 1.02 bits per heavy atom. The lowest BCUT2D eigenvalue weighted by Gasteiger charge is -2.20. The Bertz CT molecular complexity index is 1060. The molecule has 0 amide bonds. The highest BCUT2D eigenvalue weighted by Gasteiger charge is 2.25. The average Bonchev–Trinajstić information content (AvgIpc) is 3.13. The molecule has 0 aliphatic rings. The number of nitrogens with two attached hydrogens (primary N) is 1. The van der Waals surface area contributed by atoms with Crippen LogP contribution in [0.4, 0.5) is 0 Å². The summed E-state index contributed by atoms with van der Waals surface area (Å²) in [4.78, 5) is 22.4. The minimum absolute atomic E-state index is 0.0853. The molecule has 298 valence electrons. The molecule has 0 bridgehead atoms. The highest BCUT2D eigenvalue weighted by atomic mass is 31.2. The maximum Gasteiger partial charge on any atom is 0.472 e. The van der Waals surface area contributed by atoms with Gasteiger partial charge in [-0.05, 0) is 83.5 Å². The number of carbonyl (C=O) groups excluding carboxylic acids is 1. The molecule has 0 rings (SSSR count). The number of esters is 1. The zero-order valence-electron chi connectivity index (χ0n) is 32.8. The Morgan fingerprint density at radius 3 is 1.52 bits per heavy atom. The van der Waals surface area contributed by atoms with Crippen LogP contribution in [-0.4, -0.2) is 49.9 Å². The Kier molecular flexibility index (Phi) is 38.1. The quantitative estimate of drug-likeness (QED) is 0.0279. The van der Waals surface area contributed by atoms with E-state index < -0.39 is 13.9 Å². The van der Waals surface area contributed by atoms with Crippen molar-refractivity contribution in [3.8, 4) is 0 Å². The second-order valence-electron chi connectivity index (χ2n) is 12.7. The van der Waals surface area contributed by atoms with Gasteiger partial charge in [0.15, 0.2) is 0 Å². The van der Waals surface area contributed by atoms with Crippen molar-refractivity contribution < 1.29 is 32.8 Å². The molecule has 3 N–H and O–H groups in total. The number of hydrogen-bond acceptors (Lipinski definition) is 7. The van der Waals surface area contributed by atoms with E-state index in [0.717, 1.165) is 103 Å². The number of rotatable bonds is 37. The van der Waals surface area contributed by atoms with Gasteiger partial charge in [0.25, 0.3) is 0 Å². The van der Waals surface area contributed by atoms with Crippen LogP contribution in [-0.2, 0) is 27.9 Å². The van der Waals surface area contributed by atoms with E-state index in [0.29, 0.717) is 13.0 Å². The molecule has 0 aromatic carbocycles. The molecule has 52 heavy (non-hydrogen) atoms. The summed E-state index contributed by atoms with van der Waals surface area (Å²) in [5, 5.41) is 0. The summed E-state index contributed by atoms with van der Waals surface area (Å²) >= 11 is 0. The Balaban J connectivity index is 4.17. The molecule has 9 heteroatoms. The van der Waals surface area contributed by atoms with Gasteiger partial charge in [0.2, 0.25) is 0 Å². The van der Waals surface area contributed by atoms with Gasteiger partial charge < -0.3 is 20.1 Å². The molecule has 0 aromatic rings. The fraction of sp³-hybridized carbons (Fsp3) is 0.651. The minimum Gasteiger partial charge on any atom is -0.457 e. The van der Waals surface area contributed by atoms with Crippen molar-refractivity contribution in [3.63, 3.8) is 0 Å². The van der Waals surface area contributed by atoms with Gasteiger partial charge in [-0.3, -0.25) is 13.8 Å². The standard InChI is InChI=1S/C43H74NO7P/c1-3-5-7-9-11-13-15-17-19-21-22-24-26-28-30-32-34-36-43(45)51-42(41-50-52(46,47)49-39-37-44)40-48-38-35-33-31-29-27-25-23-20-18-16-14-12-10-8-6-4-2/h5-8,11-14,17-20,25,27,42H,3-4,9-10,15-16,21-24,26,28-41,44H2,1-2H3,(H,46,47)/b7-5-,8-6-,13-11-,14-12-,19-17-,20-18-,27-25-. The Morgan fingerprint density at radius 1 is 0.577 bits per heavy atom. The molecule has 0 aromatic heterocycles. The molecule has 0 saturated heterocycles. The Hall–Kier alpha value is -2.32. The van der Waals surface area contributed by atoms with E-state index in [4.69, 9.17) is 24.3 Å². The average molecular weight is 748 g/mol. The van der Waals surface area contributed by atoms with Gasteiger partial charge >= 0.3 is 13.8 Å². The summed E-state index contributed by atoms with van der Waals surface area (Å²) in [6.45, 7) is 4.57. The van der Waals surface area contributed by atoms with Crippen molar-refractivity contribution in [2.75, 3.05) is 33.0 Å². The summed E-state index contributed by atoms with van der Waals surface area (Å²) in [5.74, 6) is -0.357. The third-order valence-corrected chi connectivity index (χ3v) is 8.79. The molecular formula is C43H74NO7P. The van der Waals surface area contributed by atoms with Gasteiger partial charge in [-0.25, -0.2) is 4.57 Å². The SMILES string of the molecule is CC/C=C\C/C=C\C/C=C\C/C=C\CCCCCOCC(COP(=O)(O)OCCN)OC(=O)CCCCCCCCC/C=C\C/C=C\C/C=C\CC. The molecule has 0 saturated carbocycles. The predicted octanol–water partition coefficient (Wildman–Crippen LogP) is 11.7. The van der Waals surface area contributed by atoms with Crippen LogP contribution in [0.15, 0.2) is 85.1 Å². The summed E-state index contributed by atoms with van der Waals surface area (Å²) in [6.07, 6.45) is 50.3. The van der Waals surface area contributed by atoms with Crippen LogP contribution in [0, 0.1) is 0 Å². The van der Waals surface area contributed by atoms with Crippen molar-refractivity contribution in [1.82, 2.24) is 0 Å². The number of unbranched alkanes of at least 4 members (excludes halogenated alkanes) is 10. The summed E-state index contributed by atoms with van der Waals surface area (Å²) in [6, 6.07) is 0. The third-order valence-electron chi connectivity index (χ3n) is 7.81. The normalized spacial score (nSPS) is 14.5. The number of hydrogen-bond donors (Lipinski definition) is 2. The van der Waals surface area contributed by atoms with Crippen LogP contribution < -0.4 is 5.73 Å². The number of ether oxygens (including phenoxy) is 2. The van der Waals surface area contributed by atoms with Crippen LogP contribution in [0.2, 0.25) is 0 Å². The van der Waals surface area contributed by atoms with E-state index in [2.05, 4.69) is 98.9 Å². The van der Waals surface area contributed by atoms with Crippen molar-refractivity contribution in [2.45, 2.75) is 148 Å². The third kappa shape index (κ3) is 38.9. The molecule has 0 spiro atoms. The lowest BCUT2D eigenvalue weighted by molar-refractivity contribution is -0.154. The first kappa shape index (κ1) is 49.7. The topological polar surface area (TPSA) is 117 Å². The van der Waals surface area contributed by atoms with Gasteiger partial charge in [-0.15, -0.1) is 0 Å². The number of phosphoric acid groups is 1. The fourth-order valence-corrected chi connectivity index (χ4v) is 5.71. The monoisotopic (exact) mass is 748 g/mol. The second kappa shape index (κ2) is 39.9. The van der Waals surface area contributed by atoms with Crippen LogP contribution in [0.3, 0.4) is 0 Å². The number of phosphoric ester groups is 1. The highest BCUT2D eigenvalue weighted by Crippen LogP contribution is 2.43. The van der Waals surface area contributed by atoms with Gasteiger partial charge in [-0.1, -0.05) is 137 Å². The molecular weight excluding hydrogens is 673 g/mol. The van der Waals surface area contributed by atoms with E-state index in [1.165, 1.54) is 19.3 Å². The summed E-state index contributed by atoms with van der Waals surface area (Å²) < 4.78 is 33.3. The van der Waals surface area contributed by atoms with Crippen LogP contribution in [0.25, 0.3) is 0 Å². The zero-order valence-corrected chi connectivity index (χ0v) is 33.7. The first-order valence-electron chi connectivity index (χ1n) is 20.1. The molecule has 0 aliphatic heterocycles. The molecule has 0 heterocycles. The predicted molar refractivity (Wildman–Crippen MR) is 219 cm³/mol. The number of carbonyl (C=O) groups is 1. The second-order valence-corrected chi connectivity index (χ2v) is 14.2. The van der Waals surface area contributed by atoms with E-state index >= 15 is 0 Å². The molecule has 0 fully saturated rings. The van der Waals surface area contributed by atoms with E-state index in [1.54, 1.807) is 0 Å². The highest BCUT2D eigenvalue weighted by molar-refractivity contribution is 7.47. The van der Waals surface area contributed by atoms with Gasteiger partial charge in [0, 0.05) is 19.6 Å². The van der Waals surface area contributed by atoms with Gasteiger partial charge in [0.05, 0.1) is 19.8 Å². The molecule has 2 atom stereocenters. The van der Waals surface area contributed by atoms with Gasteiger partial charge in [0.1, 0.15) is 6.10 Å². The maximum absolute atomic E-state index is 12.6. The number of allylic oxidation sites excluding steroid dienone is 14. The van der Waals surface area contributed by atoms with Crippen LogP contribution in [0.1, 0.15) is 142 Å². The summed E-state index contributed by atoms with van der Waals surface area (Å²) in [7, 11) is -4.29. The first-order valence-corrected chi connectivity index (χ1v) is 21.6. The smallest absolute Gasteiger partial charge is 0.457 e. The summed E-state index contributed by atoms with van der Waals surface area (Å²) in [5.41, 5.74) is 5.36. The van der Waals surface area contributed by atoms with Crippen molar-refractivity contribution in [3.05, 3.63) is 85.1 Å².